The highest BCUT2D eigenvalue weighted by Crippen LogP contribution is 2.53. The second kappa shape index (κ2) is 10.5. The van der Waals surface area contributed by atoms with Crippen molar-refractivity contribution in [3.63, 3.8) is 0 Å². The molecule has 3 aliphatic rings. The molecule has 2 heterocycles. The molecule has 2 amide bonds. The molecule has 1 saturated heterocycles. The van der Waals surface area contributed by atoms with Crippen molar-refractivity contribution < 1.29 is 23.1 Å². The van der Waals surface area contributed by atoms with Crippen molar-refractivity contribution in [1.29, 1.82) is 0 Å². The zero-order valence-electron chi connectivity index (χ0n) is 21.1. The Morgan fingerprint density at radius 1 is 1.22 bits per heavy atom. The van der Waals surface area contributed by atoms with Crippen molar-refractivity contribution in [2.75, 3.05) is 42.3 Å². The van der Waals surface area contributed by atoms with Gasteiger partial charge in [-0.15, -0.1) is 0 Å². The van der Waals surface area contributed by atoms with E-state index in [0.29, 0.717) is 55.6 Å². The lowest BCUT2D eigenvalue weighted by Gasteiger charge is -2.34. The average Bonchev–Trinajstić information content (AvgIpc) is 3.69. The molecule has 3 fully saturated rings. The van der Waals surface area contributed by atoms with Gasteiger partial charge in [-0.25, -0.2) is 23.2 Å². The number of urea groups is 1. The van der Waals surface area contributed by atoms with Crippen LogP contribution in [0.4, 0.5) is 16.3 Å². The smallest absolute Gasteiger partial charge is 0.319 e. The molecule has 0 unspecified atom stereocenters. The molecule has 3 N–H and O–H groups in total. The fourth-order valence-corrected chi connectivity index (χ4v) is 6.96. The number of morpholine rings is 1. The van der Waals surface area contributed by atoms with E-state index in [1.807, 2.05) is 18.2 Å². The minimum absolute atomic E-state index is 0.0740. The van der Waals surface area contributed by atoms with Gasteiger partial charge >= 0.3 is 6.03 Å². The highest BCUT2D eigenvalue weighted by molar-refractivity contribution is 7.92. The van der Waals surface area contributed by atoms with Gasteiger partial charge in [0.15, 0.2) is 15.7 Å². The monoisotopic (exact) mass is 529 g/mol. The lowest BCUT2D eigenvalue weighted by Crippen LogP contribution is -2.44. The van der Waals surface area contributed by atoms with Crippen LogP contribution in [0.15, 0.2) is 30.3 Å². The number of ether oxygens (including phenoxy) is 1. The number of carbonyl (C=O) groups is 1. The van der Waals surface area contributed by atoms with E-state index < -0.39 is 14.6 Å². The maximum absolute atomic E-state index is 13.3. The van der Waals surface area contributed by atoms with E-state index >= 15 is 0 Å². The number of hydrogen-bond acceptors (Lipinski definition) is 8. The van der Waals surface area contributed by atoms with E-state index in [9.17, 15) is 18.3 Å². The first-order chi connectivity index (χ1) is 17.8. The number of anilines is 2. The van der Waals surface area contributed by atoms with E-state index in [0.717, 1.165) is 24.8 Å². The zero-order chi connectivity index (χ0) is 26.0. The summed E-state index contributed by atoms with van der Waals surface area (Å²) in [4.78, 5) is 24.0. The highest BCUT2D eigenvalue weighted by atomic mass is 32.2. The number of carbonyl (C=O) groups excluding carboxylic acids is 1. The van der Waals surface area contributed by atoms with Gasteiger partial charge in [-0.1, -0.05) is 0 Å². The maximum Gasteiger partial charge on any atom is 0.319 e. The summed E-state index contributed by atoms with van der Waals surface area (Å²) in [7, 11) is -3.50. The first-order valence-electron chi connectivity index (χ1n) is 13.1. The topological polar surface area (TPSA) is 134 Å². The molecule has 5 rings (SSSR count). The van der Waals surface area contributed by atoms with E-state index in [1.54, 1.807) is 12.1 Å². The predicted molar refractivity (Wildman–Crippen MR) is 141 cm³/mol. The normalized spacial score (nSPS) is 21.2. The Hall–Kier alpha value is -2.76. The third-order valence-corrected chi connectivity index (χ3v) is 10.2. The highest BCUT2D eigenvalue weighted by Gasteiger charge is 2.56. The van der Waals surface area contributed by atoms with Crippen molar-refractivity contribution in [2.45, 2.75) is 62.3 Å². The van der Waals surface area contributed by atoms with Crippen LogP contribution in [0.5, 0.6) is 0 Å². The van der Waals surface area contributed by atoms with Crippen molar-refractivity contribution in [3.05, 3.63) is 36.0 Å². The summed E-state index contributed by atoms with van der Waals surface area (Å²) in [6.07, 6.45) is 4.40. The molecule has 1 aliphatic heterocycles. The fourth-order valence-electron chi connectivity index (χ4n) is 4.91. The maximum atomic E-state index is 13.3. The molecule has 1 atom stereocenters. The number of hydrogen-bond donors (Lipinski definition) is 3. The molecule has 0 spiro atoms. The number of nitrogens with one attached hydrogen (secondary N) is 2. The Morgan fingerprint density at radius 2 is 1.97 bits per heavy atom. The van der Waals surface area contributed by atoms with E-state index in [1.165, 1.54) is 0 Å². The molecule has 200 valence electrons. The molecule has 1 aromatic carbocycles. The largest absolute Gasteiger partial charge is 0.396 e. The number of aliphatic hydroxyl groups is 1. The van der Waals surface area contributed by atoms with Crippen LogP contribution in [0, 0.1) is 0 Å². The lowest BCUT2D eigenvalue weighted by molar-refractivity contribution is 0.0985. The van der Waals surface area contributed by atoms with Crippen molar-refractivity contribution in [1.82, 2.24) is 15.3 Å². The zero-order valence-corrected chi connectivity index (χ0v) is 22.0. The third-order valence-electron chi connectivity index (χ3n) is 7.55. The van der Waals surface area contributed by atoms with Crippen molar-refractivity contribution in [3.8, 4) is 11.4 Å². The number of aromatic nitrogens is 2. The number of nitrogens with zero attached hydrogens (tertiary/aromatic N) is 3. The second-order valence-corrected chi connectivity index (χ2v) is 12.7. The molecule has 1 aromatic heterocycles. The molecular weight excluding hydrogens is 494 g/mol. The molecule has 2 aliphatic carbocycles. The SMILES string of the molecule is C[C@H]1COCCN1c1cc(C2(S(=O)(=O)CCCO)CC2)nc(-c2ccc(NC(=O)NC3CCC3)cc2)n1. The summed E-state index contributed by atoms with van der Waals surface area (Å²) < 4.78 is 31.1. The summed E-state index contributed by atoms with van der Waals surface area (Å²) in [5.74, 6) is 1.05. The van der Waals surface area contributed by atoms with Crippen LogP contribution >= 0.6 is 0 Å². The lowest BCUT2D eigenvalue weighted by atomic mass is 9.93. The number of rotatable bonds is 9. The molecule has 2 aromatic rings. The first kappa shape index (κ1) is 25.9. The molecule has 0 bridgehead atoms. The van der Waals surface area contributed by atoms with Crippen LogP contribution in [0.1, 0.15) is 51.1 Å². The van der Waals surface area contributed by atoms with Gasteiger partial charge in [-0.05, 0) is 69.7 Å². The first-order valence-corrected chi connectivity index (χ1v) is 14.7. The quantitative estimate of drug-likeness (QED) is 0.452. The standard InChI is InChI=1S/C26H35N5O5S/c1-18-17-36-14-12-31(18)23-16-22(26(10-11-26)37(34,35)15-3-13-32)29-24(30-23)19-6-8-21(9-7-19)28-25(33)27-20-4-2-5-20/h6-9,16,18,20,32H,2-5,10-15,17H2,1H3,(H2,27,28,33)/t18-/m0/s1. The molecule has 2 saturated carbocycles. The van der Waals surface area contributed by atoms with Crippen LogP contribution in [-0.2, 0) is 19.3 Å². The van der Waals surface area contributed by atoms with Crippen LogP contribution < -0.4 is 15.5 Å². The van der Waals surface area contributed by atoms with Crippen LogP contribution in [0.3, 0.4) is 0 Å². The minimum Gasteiger partial charge on any atom is -0.396 e. The Morgan fingerprint density at radius 3 is 2.59 bits per heavy atom. The van der Waals surface area contributed by atoms with Gasteiger partial charge in [0.05, 0.1) is 30.7 Å². The molecule has 0 radical (unpaired) electrons. The van der Waals surface area contributed by atoms with Gasteiger partial charge in [-0.3, -0.25) is 0 Å². The van der Waals surface area contributed by atoms with Gasteiger partial charge in [0, 0.05) is 36.5 Å². The van der Waals surface area contributed by atoms with E-state index in [2.05, 4.69) is 22.5 Å². The minimum atomic E-state index is -3.50. The van der Waals surface area contributed by atoms with Crippen LogP contribution in [-0.4, -0.2) is 73.7 Å². The van der Waals surface area contributed by atoms with Gasteiger partial charge in [-0.2, -0.15) is 0 Å². The predicted octanol–water partition coefficient (Wildman–Crippen LogP) is 2.83. The summed E-state index contributed by atoms with van der Waals surface area (Å²) in [5, 5.41) is 15.0. The molecular formula is C26H35N5O5S. The van der Waals surface area contributed by atoms with Gasteiger partial charge in [0.25, 0.3) is 0 Å². The summed E-state index contributed by atoms with van der Waals surface area (Å²) >= 11 is 0. The van der Waals surface area contributed by atoms with Gasteiger partial charge in [0.2, 0.25) is 0 Å². The van der Waals surface area contributed by atoms with Crippen molar-refractivity contribution >= 4 is 27.4 Å². The Labute approximate surface area is 217 Å². The number of sulfone groups is 1. The van der Waals surface area contributed by atoms with Gasteiger partial charge < -0.3 is 25.4 Å². The summed E-state index contributed by atoms with van der Waals surface area (Å²) in [6, 6.07) is 9.21. The van der Waals surface area contributed by atoms with Gasteiger partial charge in [0.1, 0.15) is 10.6 Å². The second-order valence-electron chi connectivity index (χ2n) is 10.2. The third kappa shape index (κ3) is 5.44. The average molecular weight is 530 g/mol. The number of benzene rings is 1. The summed E-state index contributed by atoms with van der Waals surface area (Å²) in [6.45, 7) is 3.68. The summed E-state index contributed by atoms with van der Waals surface area (Å²) in [5.41, 5.74) is 1.90. The molecule has 37 heavy (non-hydrogen) atoms. The van der Waals surface area contributed by atoms with E-state index in [-0.39, 0.29) is 36.9 Å². The molecule has 10 nitrogen and oxygen atoms in total. The fraction of sp³-hybridized carbons (Fsp3) is 0.577. The Balaban J connectivity index is 1.45. The van der Waals surface area contributed by atoms with Crippen LogP contribution in [0.2, 0.25) is 0 Å². The Bertz CT molecular complexity index is 1230. The van der Waals surface area contributed by atoms with Crippen LogP contribution in [0.25, 0.3) is 11.4 Å². The van der Waals surface area contributed by atoms with E-state index in [4.69, 9.17) is 14.7 Å². The number of aliphatic hydroxyl groups excluding tert-OH is 1. The molecule has 11 heteroatoms. The van der Waals surface area contributed by atoms with Crippen molar-refractivity contribution in [2.24, 2.45) is 0 Å². The Kier molecular flexibility index (Phi) is 7.37. The number of amides is 2.